The molecule has 5 heteroatoms. The van der Waals surface area contributed by atoms with Crippen LogP contribution in [-0.2, 0) is 20.7 Å². The van der Waals surface area contributed by atoms with Gasteiger partial charge in [0.1, 0.15) is 0 Å². The summed E-state index contributed by atoms with van der Waals surface area (Å²) >= 11 is 0. The summed E-state index contributed by atoms with van der Waals surface area (Å²) in [5, 5.41) is 3.10. The van der Waals surface area contributed by atoms with E-state index < -0.39 is 5.41 Å². The maximum absolute atomic E-state index is 13.2. The molecule has 2 aromatic rings. The maximum atomic E-state index is 13.2. The minimum Gasteiger partial charge on any atom is -0.381 e. The first-order valence-corrected chi connectivity index (χ1v) is 10.1. The van der Waals surface area contributed by atoms with Crippen molar-refractivity contribution >= 4 is 5.91 Å². The molecular weight excluding hydrogens is 352 g/mol. The van der Waals surface area contributed by atoms with Gasteiger partial charge in [0, 0.05) is 37.7 Å². The summed E-state index contributed by atoms with van der Waals surface area (Å²) in [6.45, 7) is 6.29. The summed E-state index contributed by atoms with van der Waals surface area (Å²) in [5.74, 6) is 0.101. The van der Waals surface area contributed by atoms with Crippen molar-refractivity contribution in [2.24, 2.45) is 5.41 Å². The zero-order valence-electron chi connectivity index (χ0n) is 16.8. The third-order valence-electron chi connectivity index (χ3n) is 5.29. The van der Waals surface area contributed by atoms with Crippen LogP contribution in [0.2, 0.25) is 0 Å². The number of benzene rings is 1. The van der Waals surface area contributed by atoms with E-state index >= 15 is 0 Å². The van der Waals surface area contributed by atoms with E-state index in [-0.39, 0.29) is 12.0 Å². The van der Waals surface area contributed by atoms with Gasteiger partial charge in [-0.05, 0) is 50.3 Å². The van der Waals surface area contributed by atoms with Gasteiger partial charge in [-0.2, -0.15) is 0 Å². The van der Waals surface area contributed by atoms with Crippen molar-refractivity contribution in [2.75, 3.05) is 26.4 Å². The van der Waals surface area contributed by atoms with Crippen molar-refractivity contribution in [2.45, 2.75) is 39.2 Å². The largest absolute Gasteiger partial charge is 0.381 e. The maximum Gasteiger partial charge on any atom is 0.226 e. The third kappa shape index (κ3) is 5.18. The molecule has 0 saturated carbocycles. The Bertz CT molecular complexity index is 755. The van der Waals surface area contributed by atoms with E-state index in [0.717, 1.165) is 24.0 Å². The van der Waals surface area contributed by atoms with Gasteiger partial charge < -0.3 is 14.8 Å². The van der Waals surface area contributed by atoms with Crippen LogP contribution in [0.15, 0.2) is 48.8 Å². The molecule has 1 amide bonds. The van der Waals surface area contributed by atoms with E-state index in [1.54, 1.807) is 6.20 Å². The lowest BCUT2D eigenvalue weighted by molar-refractivity contribution is -0.137. The topological polar surface area (TPSA) is 60.5 Å². The average molecular weight is 383 g/mol. The van der Waals surface area contributed by atoms with Crippen LogP contribution < -0.4 is 5.32 Å². The Kier molecular flexibility index (Phi) is 7.18. The molecule has 1 fully saturated rings. The molecule has 0 radical (unpaired) electrons. The number of nitrogens with one attached hydrogen (secondary N) is 1. The average Bonchev–Trinajstić information content (AvgIpc) is 2.72. The number of pyridine rings is 1. The molecule has 2 heterocycles. The van der Waals surface area contributed by atoms with Crippen molar-refractivity contribution in [1.82, 2.24) is 10.3 Å². The number of rotatable bonds is 8. The Morgan fingerprint density at radius 1 is 1.21 bits per heavy atom. The van der Waals surface area contributed by atoms with E-state index in [0.29, 0.717) is 32.8 Å². The molecule has 1 saturated heterocycles. The molecule has 1 aromatic carbocycles. The highest BCUT2D eigenvalue weighted by atomic mass is 16.5. The molecule has 0 spiro atoms. The second-order valence-corrected chi connectivity index (χ2v) is 7.64. The monoisotopic (exact) mass is 382 g/mol. The van der Waals surface area contributed by atoms with Gasteiger partial charge in [-0.3, -0.25) is 9.78 Å². The SMILES string of the molecule is CC(C)OCCNC(=O)C1(Cc2ccccc2-c2cccnc2)CCOCC1. The van der Waals surface area contributed by atoms with Crippen molar-refractivity contribution in [3.63, 3.8) is 0 Å². The van der Waals surface area contributed by atoms with Gasteiger partial charge in [0.2, 0.25) is 5.91 Å². The first kappa shape index (κ1) is 20.5. The van der Waals surface area contributed by atoms with Gasteiger partial charge in [0.05, 0.1) is 18.1 Å². The number of ether oxygens (including phenoxy) is 2. The second-order valence-electron chi connectivity index (χ2n) is 7.64. The predicted octanol–water partition coefficient (Wildman–Crippen LogP) is 3.63. The number of hydrogen-bond donors (Lipinski definition) is 1. The first-order valence-electron chi connectivity index (χ1n) is 10.1. The van der Waals surface area contributed by atoms with Gasteiger partial charge in [-0.1, -0.05) is 30.3 Å². The Balaban J connectivity index is 1.79. The van der Waals surface area contributed by atoms with Crippen molar-refractivity contribution < 1.29 is 14.3 Å². The van der Waals surface area contributed by atoms with Crippen LogP contribution in [0.1, 0.15) is 32.3 Å². The number of nitrogens with zero attached hydrogens (tertiary/aromatic N) is 1. The lowest BCUT2D eigenvalue weighted by Gasteiger charge is -2.36. The summed E-state index contributed by atoms with van der Waals surface area (Å²) in [6, 6.07) is 12.3. The van der Waals surface area contributed by atoms with Crippen LogP contribution in [0, 0.1) is 5.41 Å². The van der Waals surface area contributed by atoms with Gasteiger partial charge in [0.25, 0.3) is 0 Å². The van der Waals surface area contributed by atoms with E-state index in [9.17, 15) is 4.79 Å². The number of aromatic nitrogens is 1. The molecule has 1 aliphatic rings. The highest BCUT2D eigenvalue weighted by Crippen LogP contribution is 2.37. The molecular formula is C23H30N2O3. The van der Waals surface area contributed by atoms with Crippen LogP contribution >= 0.6 is 0 Å². The van der Waals surface area contributed by atoms with Crippen molar-refractivity contribution in [3.8, 4) is 11.1 Å². The highest BCUT2D eigenvalue weighted by Gasteiger charge is 2.40. The van der Waals surface area contributed by atoms with E-state index in [4.69, 9.17) is 9.47 Å². The van der Waals surface area contributed by atoms with Gasteiger partial charge in [-0.25, -0.2) is 0 Å². The fourth-order valence-electron chi connectivity index (χ4n) is 3.74. The number of hydrogen-bond acceptors (Lipinski definition) is 4. The fraction of sp³-hybridized carbons (Fsp3) is 0.478. The van der Waals surface area contributed by atoms with E-state index in [1.165, 1.54) is 5.56 Å². The zero-order chi connectivity index (χ0) is 19.8. The lowest BCUT2D eigenvalue weighted by Crippen LogP contribution is -2.47. The minimum absolute atomic E-state index is 0.101. The molecule has 1 aliphatic heterocycles. The molecule has 1 aromatic heterocycles. The Labute approximate surface area is 167 Å². The second kappa shape index (κ2) is 9.80. The predicted molar refractivity (Wildman–Crippen MR) is 110 cm³/mol. The van der Waals surface area contributed by atoms with Crippen LogP contribution in [0.4, 0.5) is 0 Å². The molecule has 0 bridgehead atoms. The quantitative estimate of drug-likeness (QED) is 0.708. The lowest BCUT2D eigenvalue weighted by atomic mass is 9.73. The minimum atomic E-state index is -0.450. The summed E-state index contributed by atoms with van der Waals surface area (Å²) < 4.78 is 11.1. The smallest absolute Gasteiger partial charge is 0.226 e. The van der Waals surface area contributed by atoms with Gasteiger partial charge in [0.15, 0.2) is 0 Å². The van der Waals surface area contributed by atoms with Crippen LogP contribution in [0.3, 0.4) is 0 Å². The number of carbonyl (C=O) groups excluding carboxylic acids is 1. The van der Waals surface area contributed by atoms with E-state index in [1.807, 2.05) is 38.2 Å². The molecule has 5 nitrogen and oxygen atoms in total. The van der Waals surface area contributed by atoms with Crippen LogP contribution in [0.5, 0.6) is 0 Å². The Morgan fingerprint density at radius 3 is 2.71 bits per heavy atom. The summed E-state index contributed by atoms with van der Waals surface area (Å²) in [7, 11) is 0. The molecule has 0 aliphatic carbocycles. The number of amides is 1. The standard InChI is InChI=1S/C23H30N2O3/c1-18(2)28-15-12-25-22(26)23(9-13-27-14-10-23)16-19-6-3-4-8-21(19)20-7-5-11-24-17-20/h3-8,11,17-18H,9-10,12-16H2,1-2H3,(H,25,26). The zero-order valence-corrected chi connectivity index (χ0v) is 16.8. The molecule has 1 N–H and O–H groups in total. The normalized spacial score (nSPS) is 16.1. The summed E-state index contributed by atoms with van der Waals surface area (Å²) in [6.07, 6.45) is 5.96. The Morgan fingerprint density at radius 2 is 2.00 bits per heavy atom. The summed E-state index contributed by atoms with van der Waals surface area (Å²) in [5.41, 5.74) is 2.93. The van der Waals surface area contributed by atoms with Crippen LogP contribution in [-0.4, -0.2) is 43.4 Å². The first-order chi connectivity index (χ1) is 13.6. The molecule has 0 atom stereocenters. The molecule has 150 valence electrons. The molecule has 28 heavy (non-hydrogen) atoms. The highest BCUT2D eigenvalue weighted by molar-refractivity contribution is 5.83. The van der Waals surface area contributed by atoms with Crippen LogP contribution in [0.25, 0.3) is 11.1 Å². The Hall–Kier alpha value is -2.24. The van der Waals surface area contributed by atoms with Crippen molar-refractivity contribution in [1.29, 1.82) is 0 Å². The van der Waals surface area contributed by atoms with Crippen molar-refractivity contribution in [3.05, 3.63) is 54.4 Å². The number of carbonyl (C=O) groups is 1. The fourth-order valence-corrected chi connectivity index (χ4v) is 3.74. The third-order valence-corrected chi connectivity index (χ3v) is 5.29. The summed E-state index contributed by atoms with van der Waals surface area (Å²) in [4.78, 5) is 17.4. The van der Waals surface area contributed by atoms with Gasteiger partial charge in [-0.15, -0.1) is 0 Å². The molecule has 0 unspecified atom stereocenters. The van der Waals surface area contributed by atoms with E-state index in [2.05, 4.69) is 28.5 Å². The molecule has 3 rings (SSSR count). The van der Waals surface area contributed by atoms with Gasteiger partial charge >= 0.3 is 0 Å².